The Morgan fingerprint density at radius 3 is 2.66 bits per heavy atom. The minimum Gasteiger partial charge on any atom is -0.479 e. The van der Waals surface area contributed by atoms with Crippen molar-refractivity contribution < 1.29 is 37.7 Å². The molecule has 3 heterocycles. The van der Waals surface area contributed by atoms with Crippen LogP contribution in [0.15, 0.2) is 36.7 Å². The number of ether oxygens (including phenoxy) is 3. The van der Waals surface area contributed by atoms with Gasteiger partial charge >= 0.3 is 13.7 Å². The zero-order valence-corrected chi connectivity index (χ0v) is 24.1. The number of methoxy groups -OCH3 is 1. The molecule has 6 atom stereocenters. The maximum Gasteiger partial charge on any atom is 0.459 e. The van der Waals surface area contributed by atoms with Gasteiger partial charge in [0, 0.05) is 0 Å². The van der Waals surface area contributed by atoms with E-state index in [1.807, 2.05) is 0 Å². The van der Waals surface area contributed by atoms with Gasteiger partial charge in [-0.05, 0) is 39.8 Å². The zero-order chi connectivity index (χ0) is 29.9. The first-order valence-corrected chi connectivity index (χ1v) is 14.3. The van der Waals surface area contributed by atoms with E-state index in [-0.39, 0.29) is 29.3 Å². The van der Waals surface area contributed by atoms with Crippen LogP contribution in [-0.4, -0.2) is 68.7 Å². The fourth-order valence-electron chi connectivity index (χ4n) is 4.28. The summed E-state index contributed by atoms with van der Waals surface area (Å²) in [5.74, 6) is 2.27. The number of anilines is 1. The summed E-state index contributed by atoms with van der Waals surface area (Å²) in [5.41, 5.74) is 5.13. The van der Waals surface area contributed by atoms with E-state index in [4.69, 9.17) is 35.4 Å². The SMILES string of the molecule is C#CC1(C)C(O)C(COP(=O)(NC(C)C(=O)OC(C)C)Oc2ccccc2)OC1n1cnc2c(OC)nc(N)nc21. The van der Waals surface area contributed by atoms with Gasteiger partial charge in [-0.1, -0.05) is 24.1 Å². The molecule has 0 aliphatic carbocycles. The first-order chi connectivity index (χ1) is 19.4. The highest BCUT2D eigenvalue weighted by Crippen LogP contribution is 2.49. The monoisotopic (exact) mass is 588 g/mol. The number of fused-ring (bicyclic) bond motifs is 1. The molecule has 0 bridgehead atoms. The van der Waals surface area contributed by atoms with Crippen molar-refractivity contribution in [2.24, 2.45) is 5.41 Å². The van der Waals surface area contributed by atoms with Crippen LogP contribution in [0.2, 0.25) is 0 Å². The molecule has 1 aliphatic rings. The van der Waals surface area contributed by atoms with Crippen molar-refractivity contribution in [3.63, 3.8) is 0 Å². The van der Waals surface area contributed by atoms with Gasteiger partial charge in [-0.2, -0.15) is 15.1 Å². The average molecular weight is 589 g/mol. The topological polar surface area (TPSA) is 182 Å². The van der Waals surface area contributed by atoms with Crippen LogP contribution in [0, 0.1) is 17.8 Å². The lowest BCUT2D eigenvalue weighted by Crippen LogP contribution is -2.39. The number of rotatable bonds is 11. The highest BCUT2D eigenvalue weighted by atomic mass is 31.2. The van der Waals surface area contributed by atoms with Gasteiger partial charge in [-0.15, -0.1) is 6.42 Å². The van der Waals surface area contributed by atoms with Crippen molar-refractivity contribution in [2.45, 2.75) is 58.3 Å². The van der Waals surface area contributed by atoms with E-state index < -0.39 is 50.2 Å². The lowest BCUT2D eigenvalue weighted by molar-refractivity contribution is -0.149. The number of terminal acetylenes is 1. The van der Waals surface area contributed by atoms with Gasteiger partial charge < -0.3 is 29.6 Å². The molecule has 6 unspecified atom stereocenters. The number of nitrogen functional groups attached to an aromatic ring is 1. The molecule has 220 valence electrons. The van der Waals surface area contributed by atoms with Gasteiger partial charge in [0.2, 0.25) is 11.8 Å². The van der Waals surface area contributed by atoms with Crippen molar-refractivity contribution in [3.8, 4) is 24.0 Å². The third-order valence-electron chi connectivity index (χ3n) is 6.38. The molecular weight excluding hydrogens is 555 g/mol. The van der Waals surface area contributed by atoms with E-state index in [2.05, 4.69) is 26.0 Å². The Morgan fingerprint density at radius 2 is 2.02 bits per heavy atom. The minimum atomic E-state index is -4.23. The second-order valence-electron chi connectivity index (χ2n) is 9.85. The Morgan fingerprint density at radius 1 is 1.32 bits per heavy atom. The Balaban J connectivity index is 1.60. The van der Waals surface area contributed by atoms with Crippen LogP contribution in [-0.2, 0) is 23.4 Å². The van der Waals surface area contributed by atoms with Crippen LogP contribution >= 0.6 is 7.75 Å². The maximum atomic E-state index is 13.9. The summed E-state index contributed by atoms with van der Waals surface area (Å²) in [6.07, 6.45) is 3.57. The number of nitrogens with one attached hydrogen (secondary N) is 1. The number of imidazole rings is 1. The number of carbonyl (C=O) groups excluding carboxylic acids is 1. The number of esters is 1. The van der Waals surface area contributed by atoms with Gasteiger partial charge in [0.1, 0.15) is 29.4 Å². The summed E-state index contributed by atoms with van der Waals surface area (Å²) in [7, 11) is -2.81. The molecule has 0 amide bonds. The largest absolute Gasteiger partial charge is 0.479 e. The molecule has 1 aromatic carbocycles. The normalized spacial score (nSPS) is 24.5. The minimum absolute atomic E-state index is 0.0628. The van der Waals surface area contributed by atoms with Crippen LogP contribution in [0.3, 0.4) is 0 Å². The van der Waals surface area contributed by atoms with Gasteiger partial charge in [0.05, 0.1) is 26.1 Å². The second kappa shape index (κ2) is 12.0. The second-order valence-corrected chi connectivity index (χ2v) is 11.5. The lowest BCUT2D eigenvalue weighted by atomic mass is 9.83. The summed E-state index contributed by atoms with van der Waals surface area (Å²) < 4.78 is 43.4. The molecule has 4 rings (SSSR count). The molecule has 0 saturated carbocycles. The highest BCUT2D eigenvalue weighted by Gasteiger charge is 2.54. The van der Waals surface area contributed by atoms with Crippen LogP contribution in [0.4, 0.5) is 5.95 Å². The van der Waals surface area contributed by atoms with Gasteiger partial charge in [-0.3, -0.25) is 13.9 Å². The number of hydrogen-bond acceptors (Lipinski definition) is 12. The molecule has 1 aliphatic heterocycles. The van der Waals surface area contributed by atoms with Crippen molar-refractivity contribution >= 4 is 30.8 Å². The molecule has 2 aromatic heterocycles. The molecule has 0 radical (unpaired) electrons. The number of nitrogens with zero attached hydrogens (tertiary/aromatic N) is 4. The number of carbonyl (C=O) groups is 1. The predicted molar refractivity (Wildman–Crippen MR) is 148 cm³/mol. The third kappa shape index (κ3) is 6.29. The van der Waals surface area contributed by atoms with E-state index >= 15 is 0 Å². The van der Waals surface area contributed by atoms with E-state index in [9.17, 15) is 14.5 Å². The third-order valence-corrected chi connectivity index (χ3v) is 8.03. The molecule has 41 heavy (non-hydrogen) atoms. The van der Waals surface area contributed by atoms with Crippen molar-refractivity contribution in [1.82, 2.24) is 24.6 Å². The number of benzene rings is 1. The molecule has 0 spiro atoms. The quantitative estimate of drug-likeness (QED) is 0.169. The van der Waals surface area contributed by atoms with Gasteiger partial charge in [0.25, 0.3) is 0 Å². The molecule has 15 heteroatoms. The average Bonchev–Trinajstić information content (AvgIpc) is 3.45. The standard InChI is InChI=1S/C26H33N6O8P/c1-7-26(5)20(33)18(39-24(26)32-14-28-19-21(32)29-25(27)30-22(19)36-6)13-37-41(35,40-17-11-9-8-10-12-17)31-16(4)23(34)38-15(2)3/h1,8-12,14-16,18,20,24,33H,13H2,2-6H3,(H,31,35)(H2,27,29,30). The van der Waals surface area contributed by atoms with Crippen LogP contribution in [0.25, 0.3) is 11.2 Å². The number of aromatic nitrogens is 4. The molecule has 1 fully saturated rings. The Kier molecular flexibility index (Phi) is 8.86. The molecule has 4 N–H and O–H groups in total. The highest BCUT2D eigenvalue weighted by molar-refractivity contribution is 7.52. The summed E-state index contributed by atoms with van der Waals surface area (Å²) in [6.45, 7) is 6.05. The lowest BCUT2D eigenvalue weighted by Gasteiger charge is -2.28. The van der Waals surface area contributed by atoms with E-state index in [1.165, 1.54) is 24.9 Å². The number of para-hydroxylation sites is 1. The smallest absolute Gasteiger partial charge is 0.459 e. The van der Waals surface area contributed by atoms with E-state index in [0.717, 1.165) is 0 Å². The first-order valence-electron chi connectivity index (χ1n) is 12.7. The van der Waals surface area contributed by atoms with E-state index in [1.54, 1.807) is 51.1 Å². The van der Waals surface area contributed by atoms with Crippen LogP contribution < -0.4 is 20.1 Å². The fraction of sp³-hybridized carbons (Fsp3) is 0.462. The Bertz CT molecular complexity index is 1480. The van der Waals surface area contributed by atoms with Crippen molar-refractivity contribution in [3.05, 3.63) is 36.7 Å². The van der Waals surface area contributed by atoms with E-state index in [0.29, 0.717) is 5.52 Å². The molecule has 14 nitrogen and oxygen atoms in total. The first kappa shape index (κ1) is 30.2. The van der Waals surface area contributed by atoms with Crippen LogP contribution in [0.5, 0.6) is 11.6 Å². The summed E-state index contributed by atoms with van der Waals surface area (Å²) in [4.78, 5) is 25.0. The zero-order valence-electron chi connectivity index (χ0n) is 23.3. The van der Waals surface area contributed by atoms with Gasteiger partial charge in [0.15, 0.2) is 17.4 Å². The maximum absolute atomic E-state index is 13.9. The number of aliphatic hydroxyl groups excluding tert-OH is 1. The van der Waals surface area contributed by atoms with Crippen molar-refractivity contribution in [1.29, 1.82) is 0 Å². The Hall–Kier alpha value is -3.73. The fourth-order valence-corrected chi connectivity index (χ4v) is 5.78. The number of aliphatic hydroxyl groups is 1. The van der Waals surface area contributed by atoms with Crippen LogP contribution in [0.1, 0.15) is 33.9 Å². The molecule has 1 saturated heterocycles. The molecule has 3 aromatic rings. The Labute approximate surface area is 237 Å². The summed E-state index contributed by atoms with van der Waals surface area (Å²) in [6, 6.07) is 7.22. The number of hydrogen-bond donors (Lipinski definition) is 3. The summed E-state index contributed by atoms with van der Waals surface area (Å²) in [5, 5.41) is 13.9. The summed E-state index contributed by atoms with van der Waals surface area (Å²) >= 11 is 0. The number of nitrogens with two attached hydrogens (primary N) is 1. The predicted octanol–water partition coefficient (Wildman–Crippen LogP) is 2.45. The van der Waals surface area contributed by atoms with Crippen molar-refractivity contribution in [2.75, 3.05) is 19.5 Å². The van der Waals surface area contributed by atoms with Gasteiger partial charge in [-0.25, -0.2) is 9.55 Å². The molecular formula is C26H33N6O8P.